The molecule has 4 rings (SSSR count). The number of ether oxygens (including phenoxy) is 2. The summed E-state index contributed by atoms with van der Waals surface area (Å²) in [6.45, 7) is 17.9. The van der Waals surface area contributed by atoms with E-state index in [4.69, 9.17) is 9.47 Å². The molecule has 1 unspecified atom stereocenters. The van der Waals surface area contributed by atoms with E-state index in [1.165, 1.54) is 0 Å². The normalized spacial score (nSPS) is 16.5. The van der Waals surface area contributed by atoms with Gasteiger partial charge in [-0.3, -0.25) is 9.59 Å². The minimum absolute atomic E-state index is 0.0463. The van der Waals surface area contributed by atoms with Crippen molar-refractivity contribution < 1.29 is 39.5 Å². The Kier molecular flexibility index (Phi) is 8.59. The molecule has 0 radical (unpaired) electrons. The molecule has 8 nitrogen and oxygen atoms in total. The van der Waals surface area contributed by atoms with Gasteiger partial charge in [0.05, 0.1) is 11.1 Å². The fourth-order valence-corrected chi connectivity index (χ4v) is 4.56. The zero-order valence-corrected chi connectivity index (χ0v) is 25.6. The van der Waals surface area contributed by atoms with E-state index < -0.39 is 11.2 Å². The Labute approximate surface area is 241 Å². The number of hydrogen-bond donors (Lipinski definition) is 4. The first-order valence-electron chi connectivity index (χ1n) is 13.9. The van der Waals surface area contributed by atoms with Crippen molar-refractivity contribution in [3.8, 4) is 34.5 Å². The highest BCUT2D eigenvalue weighted by molar-refractivity contribution is 6.05. The molecule has 41 heavy (non-hydrogen) atoms. The lowest BCUT2D eigenvalue weighted by molar-refractivity contribution is 0.0905. The zero-order chi connectivity index (χ0) is 31.2. The maximum absolute atomic E-state index is 12.6. The van der Waals surface area contributed by atoms with Gasteiger partial charge in [-0.1, -0.05) is 27.7 Å². The van der Waals surface area contributed by atoms with E-state index in [0.717, 1.165) is 0 Å². The summed E-state index contributed by atoms with van der Waals surface area (Å²) in [5.74, 6) is -0.820. The first-order valence-corrected chi connectivity index (χ1v) is 13.9. The number of phenolic OH excluding ortho intramolecular Hbond substituents is 4. The monoisotopic (exact) mass is 566 g/mol. The number of fused-ring (bicyclic) bond motifs is 2. The summed E-state index contributed by atoms with van der Waals surface area (Å²) in [4.78, 5) is 25.0. The van der Waals surface area contributed by atoms with Crippen LogP contribution in [0.2, 0.25) is 0 Å². The van der Waals surface area contributed by atoms with E-state index in [1.807, 2.05) is 53.7 Å². The largest absolute Gasteiger partial charge is 0.507 e. The van der Waals surface area contributed by atoms with Crippen LogP contribution in [-0.2, 0) is 0 Å². The molecule has 2 aromatic carbocycles. The van der Waals surface area contributed by atoms with E-state index in [-0.39, 0.29) is 69.0 Å². The summed E-state index contributed by atoms with van der Waals surface area (Å²) in [7, 11) is 0. The van der Waals surface area contributed by atoms with Crippen molar-refractivity contribution >= 4 is 23.7 Å². The molecule has 4 N–H and O–H groups in total. The zero-order valence-electron chi connectivity index (χ0n) is 25.6. The molecule has 222 valence electrons. The summed E-state index contributed by atoms with van der Waals surface area (Å²) < 4.78 is 11.7. The molecule has 2 aromatic rings. The first kappa shape index (κ1) is 31.6. The van der Waals surface area contributed by atoms with Gasteiger partial charge in [-0.15, -0.1) is 0 Å². The van der Waals surface area contributed by atoms with Crippen LogP contribution in [0.3, 0.4) is 0 Å². The topological polar surface area (TPSA) is 134 Å². The van der Waals surface area contributed by atoms with Crippen LogP contribution < -0.4 is 9.47 Å². The lowest BCUT2D eigenvalue weighted by Gasteiger charge is -2.31. The Bertz CT molecular complexity index is 1460. The molecule has 0 spiro atoms. The standard InChI is InChI=1S/C17H22O4.C16H20O4/c1-6-9(2)13(18)12-15(20)10(3)14(19)11-7-8-17(4,5)21-16(11)12;1-8(2)12(17)11-14(19)9(3)13(18)10-6-7-16(4,5)20-15(10)11/h7-9,19-20H,6H2,1-5H3;6-8,18-19H,1-5H3. The molecule has 0 amide bonds. The SMILES string of the molecule is CCC(C)C(=O)c1c(O)c(C)c(O)c2c1OC(C)(C)C=C2.Cc1c(O)c2c(c(C(=O)C(C)C)c1O)OC(C)(C)C=C2. The number of carbonyl (C=O) groups excluding carboxylic acids is 2. The molecule has 0 aliphatic carbocycles. The minimum atomic E-state index is -0.592. The smallest absolute Gasteiger partial charge is 0.173 e. The highest BCUT2D eigenvalue weighted by Crippen LogP contribution is 2.48. The van der Waals surface area contributed by atoms with E-state index in [0.29, 0.717) is 28.7 Å². The van der Waals surface area contributed by atoms with Crippen LogP contribution in [-0.4, -0.2) is 43.2 Å². The molecule has 1 atom stereocenters. The van der Waals surface area contributed by atoms with Crippen molar-refractivity contribution in [2.45, 2.75) is 86.9 Å². The Balaban J connectivity index is 0.000000226. The van der Waals surface area contributed by atoms with Gasteiger partial charge in [0, 0.05) is 23.0 Å². The minimum Gasteiger partial charge on any atom is -0.507 e. The van der Waals surface area contributed by atoms with Crippen molar-refractivity contribution in [2.24, 2.45) is 11.8 Å². The predicted octanol–water partition coefficient (Wildman–Crippen LogP) is 7.25. The van der Waals surface area contributed by atoms with Gasteiger partial charge in [-0.05, 0) is 72.3 Å². The fourth-order valence-electron chi connectivity index (χ4n) is 4.56. The van der Waals surface area contributed by atoms with E-state index in [2.05, 4.69) is 0 Å². The van der Waals surface area contributed by atoms with Crippen molar-refractivity contribution in [2.75, 3.05) is 0 Å². The molecule has 2 aliphatic rings. The van der Waals surface area contributed by atoms with Crippen LogP contribution in [0, 0.1) is 25.7 Å². The van der Waals surface area contributed by atoms with Crippen LogP contribution in [0.5, 0.6) is 34.5 Å². The quantitative estimate of drug-likeness (QED) is 0.278. The number of rotatable bonds is 5. The van der Waals surface area contributed by atoms with Crippen molar-refractivity contribution in [1.82, 2.24) is 0 Å². The summed E-state index contributed by atoms with van der Waals surface area (Å²) in [6.07, 6.45) is 7.79. The molecule has 0 saturated heterocycles. The number of benzene rings is 2. The molecular formula is C33H42O8. The lowest BCUT2D eigenvalue weighted by atomic mass is 9.89. The number of ketones is 2. The Morgan fingerprint density at radius 1 is 0.707 bits per heavy atom. The van der Waals surface area contributed by atoms with Crippen LogP contribution in [0.25, 0.3) is 12.2 Å². The Hall–Kier alpha value is -3.94. The number of hydrogen-bond acceptors (Lipinski definition) is 8. The second-order valence-electron chi connectivity index (χ2n) is 12.2. The number of phenols is 4. The van der Waals surface area contributed by atoms with Gasteiger partial charge in [-0.25, -0.2) is 0 Å². The molecule has 8 heteroatoms. The molecular weight excluding hydrogens is 524 g/mol. The fraction of sp³-hybridized carbons (Fsp3) is 0.455. The molecule has 0 bridgehead atoms. The molecule has 0 saturated carbocycles. The maximum Gasteiger partial charge on any atom is 0.173 e. The molecule has 2 heterocycles. The van der Waals surface area contributed by atoms with Gasteiger partial charge in [-0.2, -0.15) is 0 Å². The van der Waals surface area contributed by atoms with E-state index in [1.54, 1.807) is 39.8 Å². The van der Waals surface area contributed by atoms with Gasteiger partial charge >= 0.3 is 0 Å². The molecule has 2 aliphatic heterocycles. The first-order chi connectivity index (χ1) is 18.8. The predicted molar refractivity (Wildman–Crippen MR) is 159 cm³/mol. The number of carbonyl (C=O) groups is 2. The highest BCUT2D eigenvalue weighted by Gasteiger charge is 2.34. The van der Waals surface area contributed by atoms with Crippen molar-refractivity contribution in [3.05, 3.63) is 45.5 Å². The molecule has 0 aromatic heterocycles. The maximum atomic E-state index is 12.6. The third-order valence-electron chi connectivity index (χ3n) is 7.46. The average molecular weight is 567 g/mol. The Morgan fingerprint density at radius 2 is 1.07 bits per heavy atom. The average Bonchev–Trinajstić information content (AvgIpc) is 2.89. The van der Waals surface area contributed by atoms with Crippen molar-refractivity contribution in [1.29, 1.82) is 0 Å². The van der Waals surface area contributed by atoms with E-state index in [9.17, 15) is 30.0 Å². The highest BCUT2D eigenvalue weighted by atomic mass is 16.5. The van der Waals surface area contributed by atoms with Gasteiger partial charge < -0.3 is 29.9 Å². The molecule has 0 fully saturated rings. The summed E-state index contributed by atoms with van der Waals surface area (Å²) >= 11 is 0. The second kappa shape index (κ2) is 11.1. The lowest BCUT2D eigenvalue weighted by Crippen LogP contribution is -2.29. The van der Waals surface area contributed by atoms with Crippen LogP contribution in [0.15, 0.2) is 12.2 Å². The summed E-state index contributed by atoms with van der Waals surface area (Å²) in [5, 5.41) is 40.9. The van der Waals surface area contributed by atoms with Gasteiger partial charge in [0.2, 0.25) is 0 Å². The van der Waals surface area contributed by atoms with Gasteiger partial charge in [0.15, 0.2) is 11.6 Å². The van der Waals surface area contributed by atoms with Gasteiger partial charge in [0.25, 0.3) is 0 Å². The van der Waals surface area contributed by atoms with E-state index >= 15 is 0 Å². The van der Waals surface area contributed by atoms with Crippen LogP contribution >= 0.6 is 0 Å². The van der Waals surface area contributed by atoms with Crippen LogP contribution in [0.1, 0.15) is 105 Å². The summed E-state index contributed by atoms with van der Waals surface area (Å²) in [6, 6.07) is 0. The summed E-state index contributed by atoms with van der Waals surface area (Å²) in [5.41, 5.74) is 0.641. The van der Waals surface area contributed by atoms with Crippen molar-refractivity contribution in [3.63, 3.8) is 0 Å². The third-order valence-corrected chi connectivity index (χ3v) is 7.46. The number of Topliss-reactive ketones (excluding diaryl/α,β-unsaturated/α-hetero) is 2. The Morgan fingerprint density at radius 3 is 1.41 bits per heavy atom. The number of aromatic hydroxyl groups is 4. The third kappa shape index (κ3) is 5.92. The van der Waals surface area contributed by atoms with Gasteiger partial charge in [0.1, 0.15) is 56.8 Å². The van der Waals surface area contributed by atoms with Crippen LogP contribution in [0.4, 0.5) is 0 Å². The second-order valence-corrected chi connectivity index (χ2v) is 12.2.